The van der Waals surface area contributed by atoms with Crippen LogP contribution in [0.2, 0.25) is 0 Å². The van der Waals surface area contributed by atoms with Gasteiger partial charge in [-0.25, -0.2) is 4.79 Å². The number of esters is 1. The molecule has 1 N–H and O–H groups in total. The first-order valence-corrected chi connectivity index (χ1v) is 8.70. The van der Waals surface area contributed by atoms with Gasteiger partial charge in [0.05, 0.1) is 17.9 Å². The number of nitrogens with zero attached hydrogens (tertiary/aromatic N) is 1. The predicted octanol–water partition coefficient (Wildman–Crippen LogP) is 3.24. The van der Waals surface area contributed by atoms with Crippen LogP contribution in [0.3, 0.4) is 0 Å². The Kier molecular flexibility index (Phi) is 6.21. The average molecular weight is 374 g/mol. The smallest absolute Gasteiger partial charge is 0.329 e. The Morgan fingerprint density at radius 3 is 2.50 bits per heavy atom. The number of ether oxygens (including phenoxy) is 1. The first-order valence-electron chi connectivity index (χ1n) is 8.70. The Morgan fingerprint density at radius 2 is 1.79 bits per heavy atom. The molecule has 0 aliphatic heterocycles. The van der Waals surface area contributed by atoms with Gasteiger partial charge in [-0.3, -0.25) is 4.79 Å². The van der Waals surface area contributed by atoms with Crippen LogP contribution in [0.1, 0.15) is 27.2 Å². The van der Waals surface area contributed by atoms with Gasteiger partial charge in [0.15, 0.2) is 5.76 Å². The van der Waals surface area contributed by atoms with Gasteiger partial charge < -0.3 is 14.5 Å². The summed E-state index contributed by atoms with van der Waals surface area (Å²) in [5.74, 6) is -0.975. The lowest BCUT2D eigenvalue weighted by Crippen LogP contribution is -2.43. The summed E-state index contributed by atoms with van der Waals surface area (Å²) in [6.45, 7) is -0.0511. The molecule has 1 atom stereocenters. The number of furan rings is 1. The van der Waals surface area contributed by atoms with E-state index in [0.29, 0.717) is 11.1 Å². The van der Waals surface area contributed by atoms with Crippen LogP contribution in [0, 0.1) is 11.3 Å². The minimum atomic E-state index is -0.894. The zero-order valence-electron chi connectivity index (χ0n) is 15.0. The molecule has 2 aromatic carbocycles. The van der Waals surface area contributed by atoms with Crippen LogP contribution in [0.5, 0.6) is 0 Å². The van der Waals surface area contributed by atoms with Crippen molar-refractivity contribution in [2.45, 2.75) is 19.1 Å². The number of carbonyl (C=O) groups excluding carboxylic acids is 2. The van der Waals surface area contributed by atoms with E-state index < -0.39 is 17.9 Å². The standard InChI is InChI=1S/C22H18N2O4/c23-14-17-9-4-5-10-18(17)15-28-22(26)19(13-16-7-2-1-3-8-16)24-21(25)20-11-6-12-27-20/h1-12,19H,13,15H2,(H,24,25)/t19-/m0/s1. The summed E-state index contributed by atoms with van der Waals surface area (Å²) in [6.07, 6.45) is 1.66. The van der Waals surface area contributed by atoms with Crippen LogP contribution in [-0.2, 0) is 22.6 Å². The Balaban J connectivity index is 1.72. The maximum atomic E-state index is 12.7. The summed E-state index contributed by atoms with van der Waals surface area (Å²) >= 11 is 0. The number of benzene rings is 2. The van der Waals surface area contributed by atoms with Crippen molar-refractivity contribution in [3.8, 4) is 6.07 Å². The van der Waals surface area contributed by atoms with Gasteiger partial charge in [-0.1, -0.05) is 48.5 Å². The van der Waals surface area contributed by atoms with Gasteiger partial charge >= 0.3 is 5.97 Å². The lowest BCUT2D eigenvalue weighted by molar-refractivity contribution is -0.147. The van der Waals surface area contributed by atoms with Crippen LogP contribution in [0.4, 0.5) is 0 Å². The monoisotopic (exact) mass is 374 g/mol. The van der Waals surface area contributed by atoms with Gasteiger partial charge in [0.1, 0.15) is 12.6 Å². The van der Waals surface area contributed by atoms with Gasteiger partial charge in [-0.15, -0.1) is 0 Å². The third kappa shape index (κ3) is 4.86. The topological polar surface area (TPSA) is 92.3 Å². The SMILES string of the molecule is N#Cc1ccccc1COC(=O)[C@H](Cc1ccccc1)NC(=O)c1ccco1. The third-order valence-corrected chi connectivity index (χ3v) is 4.13. The molecule has 6 nitrogen and oxygen atoms in total. The summed E-state index contributed by atoms with van der Waals surface area (Å²) in [5.41, 5.74) is 1.92. The van der Waals surface area contributed by atoms with E-state index in [4.69, 9.17) is 14.4 Å². The maximum Gasteiger partial charge on any atom is 0.329 e. The lowest BCUT2D eigenvalue weighted by Gasteiger charge is -2.17. The number of rotatable bonds is 7. The fourth-order valence-electron chi connectivity index (χ4n) is 2.68. The van der Waals surface area contributed by atoms with Gasteiger partial charge in [0, 0.05) is 12.0 Å². The number of carbonyl (C=O) groups is 2. The number of hydrogen-bond donors (Lipinski definition) is 1. The summed E-state index contributed by atoms with van der Waals surface area (Å²) < 4.78 is 10.5. The highest BCUT2D eigenvalue weighted by atomic mass is 16.5. The summed E-state index contributed by atoms with van der Waals surface area (Å²) in [7, 11) is 0. The molecule has 1 aromatic heterocycles. The van der Waals surface area contributed by atoms with Crippen molar-refractivity contribution in [3.05, 3.63) is 95.4 Å². The van der Waals surface area contributed by atoms with Crippen molar-refractivity contribution in [1.29, 1.82) is 5.26 Å². The molecule has 0 saturated heterocycles. The summed E-state index contributed by atoms with van der Waals surface area (Å²) in [5, 5.41) is 11.8. The van der Waals surface area contributed by atoms with Crippen molar-refractivity contribution >= 4 is 11.9 Å². The molecule has 0 bridgehead atoms. The molecule has 0 saturated carbocycles. The second-order valence-electron chi connectivity index (χ2n) is 6.07. The molecule has 3 aromatic rings. The number of hydrogen-bond acceptors (Lipinski definition) is 5. The Hall–Kier alpha value is -3.85. The van der Waals surface area contributed by atoms with Gasteiger partial charge in [0.2, 0.25) is 0 Å². The third-order valence-electron chi connectivity index (χ3n) is 4.13. The molecule has 1 heterocycles. The van der Waals surface area contributed by atoms with E-state index >= 15 is 0 Å². The lowest BCUT2D eigenvalue weighted by atomic mass is 10.1. The quantitative estimate of drug-likeness (QED) is 0.641. The van der Waals surface area contributed by atoms with Crippen molar-refractivity contribution in [2.75, 3.05) is 0 Å². The highest BCUT2D eigenvalue weighted by Gasteiger charge is 2.24. The largest absolute Gasteiger partial charge is 0.459 e. The molecule has 0 unspecified atom stereocenters. The van der Waals surface area contributed by atoms with E-state index in [0.717, 1.165) is 5.56 Å². The Morgan fingerprint density at radius 1 is 1.04 bits per heavy atom. The van der Waals surface area contributed by atoms with Crippen molar-refractivity contribution < 1.29 is 18.7 Å². The van der Waals surface area contributed by atoms with E-state index in [1.807, 2.05) is 30.3 Å². The Labute approximate surface area is 162 Å². The highest BCUT2D eigenvalue weighted by molar-refractivity contribution is 5.94. The first-order chi connectivity index (χ1) is 13.7. The number of nitrogens with one attached hydrogen (secondary N) is 1. The zero-order chi connectivity index (χ0) is 19.8. The number of amides is 1. The summed E-state index contributed by atoms with van der Waals surface area (Å²) in [6, 6.07) is 20.5. The Bertz CT molecular complexity index is 975. The van der Waals surface area contributed by atoms with Crippen LogP contribution < -0.4 is 5.32 Å². The number of nitriles is 1. The molecular formula is C22H18N2O4. The predicted molar refractivity (Wildman–Crippen MR) is 101 cm³/mol. The van der Waals surface area contributed by atoms with Crippen molar-refractivity contribution in [2.24, 2.45) is 0 Å². The van der Waals surface area contributed by atoms with E-state index in [2.05, 4.69) is 11.4 Å². The van der Waals surface area contributed by atoms with Crippen molar-refractivity contribution in [1.82, 2.24) is 5.32 Å². The average Bonchev–Trinajstić information content (AvgIpc) is 3.27. The maximum absolute atomic E-state index is 12.7. The van der Waals surface area contributed by atoms with E-state index in [9.17, 15) is 9.59 Å². The highest BCUT2D eigenvalue weighted by Crippen LogP contribution is 2.11. The molecule has 28 heavy (non-hydrogen) atoms. The summed E-state index contributed by atoms with van der Waals surface area (Å²) in [4.78, 5) is 25.0. The molecule has 0 aliphatic carbocycles. The fraction of sp³-hybridized carbons (Fsp3) is 0.136. The minimum Gasteiger partial charge on any atom is -0.459 e. The van der Waals surface area contributed by atoms with Gasteiger partial charge in [-0.05, 0) is 23.8 Å². The first kappa shape index (κ1) is 18.9. The molecule has 140 valence electrons. The molecule has 0 aliphatic rings. The van der Waals surface area contributed by atoms with Crippen molar-refractivity contribution in [3.63, 3.8) is 0 Å². The van der Waals surface area contributed by atoms with Crippen LogP contribution in [0.25, 0.3) is 0 Å². The molecule has 0 radical (unpaired) electrons. The van der Waals surface area contributed by atoms with E-state index in [1.165, 1.54) is 12.3 Å². The normalized spacial score (nSPS) is 11.2. The van der Waals surface area contributed by atoms with E-state index in [1.54, 1.807) is 30.3 Å². The molecule has 3 rings (SSSR count). The molecular weight excluding hydrogens is 356 g/mol. The van der Waals surface area contributed by atoms with Crippen LogP contribution in [0.15, 0.2) is 77.4 Å². The van der Waals surface area contributed by atoms with Crippen LogP contribution in [-0.4, -0.2) is 17.9 Å². The van der Waals surface area contributed by atoms with Gasteiger partial charge in [-0.2, -0.15) is 5.26 Å². The second kappa shape index (κ2) is 9.19. The fourth-order valence-corrected chi connectivity index (χ4v) is 2.68. The zero-order valence-corrected chi connectivity index (χ0v) is 15.0. The minimum absolute atomic E-state index is 0.0511. The van der Waals surface area contributed by atoms with E-state index in [-0.39, 0.29) is 18.8 Å². The molecule has 1 amide bonds. The molecule has 0 spiro atoms. The van der Waals surface area contributed by atoms with Crippen LogP contribution >= 0.6 is 0 Å². The molecule has 6 heteroatoms. The van der Waals surface area contributed by atoms with Gasteiger partial charge in [0.25, 0.3) is 5.91 Å². The molecule has 0 fully saturated rings. The second-order valence-corrected chi connectivity index (χ2v) is 6.07.